The highest BCUT2D eigenvalue weighted by Gasteiger charge is 2.35. The maximum Gasteiger partial charge on any atom is 0.0753 e. The Morgan fingerprint density at radius 1 is 0.424 bits per heavy atom. The highest BCUT2D eigenvalue weighted by Crippen LogP contribution is 2.43. The Bertz CT molecular complexity index is 3270. The van der Waals surface area contributed by atoms with Crippen LogP contribution in [0.15, 0.2) is 229 Å². The van der Waals surface area contributed by atoms with Crippen LogP contribution < -0.4 is 0 Å². The summed E-state index contributed by atoms with van der Waals surface area (Å²) in [4.78, 5) is 5.40. The Morgan fingerprint density at radius 3 is 1.54 bits per heavy atom. The third-order valence-corrected chi connectivity index (χ3v) is 12.4. The fourth-order valence-corrected chi connectivity index (χ4v) is 9.29. The van der Waals surface area contributed by atoms with Gasteiger partial charge in [-0.2, -0.15) is 0 Å². The van der Waals surface area contributed by atoms with Gasteiger partial charge >= 0.3 is 0 Å². The van der Waals surface area contributed by atoms with Crippen LogP contribution in [0.4, 0.5) is 0 Å². The average Bonchev–Trinajstić information content (AvgIpc) is 3.64. The monoisotopic (exact) mass is 752 g/mol. The molecule has 10 aromatic rings. The van der Waals surface area contributed by atoms with Crippen molar-refractivity contribution in [2.45, 2.75) is 12.3 Å². The average molecular weight is 753 g/mol. The number of hydrogen-bond donors (Lipinski definition) is 0. The van der Waals surface area contributed by atoms with E-state index < -0.39 is 5.41 Å². The molecule has 11 rings (SSSR count). The largest absolute Gasteiger partial charge is 0.309 e. The molecule has 278 valence electrons. The molecule has 1 aromatic heterocycles. The number of aliphatic imine (C=N–C) groups is 1. The molecule has 2 heteroatoms. The lowest BCUT2D eigenvalue weighted by molar-refractivity contribution is 0.730. The van der Waals surface area contributed by atoms with Gasteiger partial charge < -0.3 is 4.57 Å². The highest BCUT2D eigenvalue weighted by atomic mass is 15.0. The van der Waals surface area contributed by atoms with Gasteiger partial charge in [0, 0.05) is 27.4 Å². The first-order chi connectivity index (χ1) is 29.0. The second kappa shape index (κ2) is 13.8. The summed E-state index contributed by atoms with van der Waals surface area (Å²) in [6.45, 7) is 6.98. The van der Waals surface area contributed by atoms with Crippen molar-refractivity contribution in [2.75, 3.05) is 0 Å². The molecule has 1 aliphatic heterocycles. The smallest absolute Gasteiger partial charge is 0.0753 e. The molecule has 0 spiro atoms. The molecule has 0 unspecified atom stereocenters. The maximum atomic E-state index is 5.40. The quantitative estimate of drug-likeness (QED) is 0.161. The molecular formula is C57H40N2. The Balaban J connectivity index is 0.967. The minimum absolute atomic E-state index is 0.447. The van der Waals surface area contributed by atoms with E-state index in [9.17, 15) is 0 Å². The third-order valence-electron chi connectivity index (χ3n) is 12.4. The predicted molar refractivity (Wildman–Crippen MR) is 251 cm³/mol. The van der Waals surface area contributed by atoms with Crippen molar-refractivity contribution in [3.63, 3.8) is 0 Å². The molecular weight excluding hydrogens is 713 g/mol. The van der Waals surface area contributed by atoms with Crippen molar-refractivity contribution in [1.82, 2.24) is 4.57 Å². The lowest BCUT2D eigenvalue weighted by atomic mass is 9.71. The van der Waals surface area contributed by atoms with Gasteiger partial charge in [-0.05, 0) is 97.8 Å². The second-order valence-corrected chi connectivity index (χ2v) is 15.8. The molecule has 0 saturated heterocycles. The van der Waals surface area contributed by atoms with Crippen molar-refractivity contribution in [2.24, 2.45) is 4.99 Å². The van der Waals surface area contributed by atoms with Crippen LogP contribution in [0.25, 0.3) is 77.0 Å². The first-order valence-electron chi connectivity index (χ1n) is 20.3. The van der Waals surface area contributed by atoms with Crippen LogP contribution in [-0.2, 0) is 5.41 Å². The fourth-order valence-electron chi connectivity index (χ4n) is 9.29. The molecule has 59 heavy (non-hydrogen) atoms. The van der Waals surface area contributed by atoms with Gasteiger partial charge in [-0.1, -0.05) is 189 Å². The normalized spacial score (nSPS) is 15.5. The van der Waals surface area contributed by atoms with Gasteiger partial charge in [0.2, 0.25) is 0 Å². The van der Waals surface area contributed by atoms with Crippen molar-refractivity contribution < 1.29 is 0 Å². The number of aromatic nitrogens is 1. The van der Waals surface area contributed by atoms with E-state index in [2.05, 4.69) is 224 Å². The minimum Gasteiger partial charge on any atom is -0.309 e. The number of nitrogens with zero attached hydrogens (tertiary/aromatic N) is 2. The fraction of sp³-hybridized carbons (Fsp3) is 0.0351. The van der Waals surface area contributed by atoms with Gasteiger partial charge in [0.1, 0.15) is 0 Å². The van der Waals surface area contributed by atoms with Gasteiger partial charge in [-0.25, -0.2) is 4.99 Å². The number of hydrogen-bond acceptors (Lipinski definition) is 1. The zero-order valence-corrected chi connectivity index (χ0v) is 32.8. The van der Waals surface area contributed by atoms with Crippen molar-refractivity contribution >= 4 is 54.8 Å². The lowest BCUT2D eigenvalue weighted by Crippen LogP contribution is -2.30. The van der Waals surface area contributed by atoms with Gasteiger partial charge in [-0.3, -0.25) is 0 Å². The van der Waals surface area contributed by atoms with Crippen LogP contribution in [-0.4, -0.2) is 10.3 Å². The molecule has 0 N–H and O–H groups in total. The summed E-state index contributed by atoms with van der Waals surface area (Å²) in [5.74, 6) is 0. The summed E-state index contributed by atoms with van der Waals surface area (Å²) in [7, 11) is 0. The SMILES string of the molecule is C=C1C(c2cccc3ccccc23)=NC(c2ccc(-c3ccc(-c4ccc(-n5c6ccccc6c6ccccc65)cc4)c4ccccc34)cc2)=C[C@]1(C)c1ccccc1. The van der Waals surface area contributed by atoms with Gasteiger partial charge in [0.05, 0.1) is 22.4 Å². The Labute approximate surface area is 344 Å². The molecule has 0 saturated carbocycles. The van der Waals surface area contributed by atoms with Crippen molar-refractivity contribution in [3.05, 3.63) is 241 Å². The van der Waals surface area contributed by atoms with E-state index in [-0.39, 0.29) is 0 Å². The summed E-state index contributed by atoms with van der Waals surface area (Å²) < 4.78 is 2.37. The van der Waals surface area contributed by atoms with E-state index in [1.54, 1.807) is 0 Å². The minimum atomic E-state index is -0.447. The molecule has 9 aromatic carbocycles. The zero-order chi connectivity index (χ0) is 39.5. The maximum absolute atomic E-state index is 5.40. The molecule has 1 aliphatic rings. The van der Waals surface area contributed by atoms with Crippen LogP contribution >= 0.6 is 0 Å². The van der Waals surface area contributed by atoms with E-state index in [4.69, 9.17) is 11.6 Å². The van der Waals surface area contributed by atoms with Crippen LogP contribution in [0.2, 0.25) is 0 Å². The van der Waals surface area contributed by atoms with Gasteiger partial charge in [0.25, 0.3) is 0 Å². The number of para-hydroxylation sites is 2. The Kier molecular flexibility index (Phi) is 8.13. The van der Waals surface area contributed by atoms with E-state index in [1.807, 2.05) is 0 Å². The van der Waals surface area contributed by atoms with E-state index >= 15 is 0 Å². The predicted octanol–water partition coefficient (Wildman–Crippen LogP) is 14.8. The molecule has 1 atom stereocenters. The molecule has 0 bridgehead atoms. The summed E-state index contributed by atoms with van der Waals surface area (Å²) >= 11 is 0. The highest BCUT2D eigenvalue weighted by molar-refractivity contribution is 6.22. The topological polar surface area (TPSA) is 17.3 Å². The number of rotatable bonds is 6. The second-order valence-electron chi connectivity index (χ2n) is 15.8. The summed E-state index contributed by atoms with van der Waals surface area (Å²) in [6, 6.07) is 74.3. The third kappa shape index (κ3) is 5.68. The van der Waals surface area contributed by atoms with Crippen molar-refractivity contribution in [1.29, 1.82) is 0 Å². The molecule has 2 heterocycles. The molecule has 0 amide bonds. The van der Waals surface area contributed by atoms with E-state index in [1.165, 1.54) is 71.2 Å². The molecule has 0 aliphatic carbocycles. The standard InChI is InChI=1S/C57H40N2/c1-38-56(52-24-14-16-39-15-6-7-19-45(39)52)58-53(37-57(38,2)43-17-4-3-5-18-43)42-29-27-40(28-30-42)46-35-36-47(49-21-9-8-20-48(46)49)41-31-33-44(34-32-41)59-54-25-12-10-22-50(54)51-23-11-13-26-55(51)59/h3-37H,1H2,2H3/t57-/m0/s1. The number of benzene rings is 9. The molecule has 2 nitrogen and oxygen atoms in total. The van der Waals surface area contributed by atoms with Crippen LogP contribution in [0.5, 0.6) is 0 Å². The Hall–Kier alpha value is -7.55. The van der Waals surface area contributed by atoms with Gasteiger partial charge in [0.15, 0.2) is 0 Å². The van der Waals surface area contributed by atoms with Crippen LogP contribution in [0, 0.1) is 0 Å². The number of allylic oxidation sites excluding steroid dienone is 2. The van der Waals surface area contributed by atoms with Crippen LogP contribution in [0.1, 0.15) is 23.6 Å². The summed E-state index contributed by atoms with van der Waals surface area (Å²) in [5.41, 5.74) is 14.2. The van der Waals surface area contributed by atoms with Crippen LogP contribution in [0.3, 0.4) is 0 Å². The molecule has 0 radical (unpaired) electrons. The zero-order valence-electron chi connectivity index (χ0n) is 32.8. The number of fused-ring (bicyclic) bond motifs is 5. The first kappa shape index (κ1) is 34.7. The first-order valence-corrected chi connectivity index (χ1v) is 20.3. The van der Waals surface area contributed by atoms with E-state index in [0.717, 1.165) is 33.8 Å². The van der Waals surface area contributed by atoms with Gasteiger partial charge in [-0.15, -0.1) is 0 Å². The lowest BCUT2D eigenvalue weighted by Gasteiger charge is -2.34. The summed E-state index contributed by atoms with van der Waals surface area (Å²) in [5, 5.41) is 7.37. The Morgan fingerprint density at radius 2 is 0.915 bits per heavy atom. The van der Waals surface area contributed by atoms with Crippen molar-refractivity contribution in [3.8, 4) is 27.9 Å². The van der Waals surface area contributed by atoms with E-state index in [0.29, 0.717) is 0 Å². The molecule has 0 fully saturated rings. The summed E-state index contributed by atoms with van der Waals surface area (Å²) in [6.07, 6.45) is 2.30.